The van der Waals surface area contributed by atoms with Crippen LogP contribution in [0.25, 0.3) is 10.2 Å². The Morgan fingerprint density at radius 3 is 2.96 bits per heavy atom. The molecule has 1 amide bonds. The van der Waals surface area contributed by atoms with Crippen LogP contribution < -0.4 is 15.6 Å². The van der Waals surface area contributed by atoms with Gasteiger partial charge < -0.3 is 10.1 Å². The van der Waals surface area contributed by atoms with Gasteiger partial charge in [0, 0.05) is 4.88 Å². The lowest BCUT2D eigenvalue weighted by atomic mass is 9.89. The molecule has 0 bridgehead atoms. The zero-order valence-corrected chi connectivity index (χ0v) is 17.0. The number of carbonyl (C=O) groups excluding carboxylic acids is 1. The van der Waals surface area contributed by atoms with Gasteiger partial charge in [-0.1, -0.05) is 19.1 Å². The van der Waals surface area contributed by atoms with Gasteiger partial charge in [-0.25, -0.2) is 4.98 Å². The number of para-hydroxylation sites is 2. The lowest BCUT2D eigenvalue weighted by Crippen LogP contribution is -2.32. The van der Waals surface area contributed by atoms with E-state index in [0.717, 1.165) is 29.7 Å². The Balaban J connectivity index is 1.68. The molecule has 3 aromatic rings. The molecule has 0 saturated carbocycles. The summed E-state index contributed by atoms with van der Waals surface area (Å²) in [7, 11) is 1.55. The number of anilines is 1. The first kappa shape index (κ1) is 18.7. The third-order valence-corrected chi connectivity index (χ3v) is 6.56. The number of nitrogens with one attached hydrogen (secondary N) is 1. The van der Waals surface area contributed by atoms with E-state index in [2.05, 4.69) is 17.2 Å². The van der Waals surface area contributed by atoms with E-state index >= 15 is 0 Å². The second-order valence-electron chi connectivity index (χ2n) is 7.35. The number of fused-ring (bicyclic) bond motifs is 3. The molecular formula is C21H23N3O3S. The summed E-state index contributed by atoms with van der Waals surface area (Å²) in [6, 6.07) is 6.51. The number of amides is 1. The van der Waals surface area contributed by atoms with Gasteiger partial charge in [-0.3, -0.25) is 14.2 Å². The fraction of sp³-hybridized carbons (Fsp3) is 0.381. The van der Waals surface area contributed by atoms with Gasteiger partial charge in [0.2, 0.25) is 5.91 Å². The first-order valence-electron chi connectivity index (χ1n) is 9.45. The molecule has 0 saturated heterocycles. The van der Waals surface area contributed by atoms with Crippen LogP contribution in [0.4, 0.5) is 5.69 Å². The molecule has 2 atom stereocenters. The number of aryl methyl sites for hydroxylation is 1. The minimum Gasteiger partial charge on any atom is -0.495 e. The van der Waals surface area contributed by atoms with Gasteiger partial charge in [-0.2, -0.15) is 0 Å². The summed E-state index contributed by atoms with van der Waals surface area (Å²) in [6.45, 7) is 3.95. The van der Waals surface area contributed by atoms with Gasteiger partial charge in [0.05, 0.1) is 24.5 Å². The highest BCUT2D eigenvalue weighted by molar-refractivity contribution is 7.18. The van der Waals surface area contributed by atoms with Crippen LogP contribution in [-0.4, -0.2) is 22.6 Å². The average Bonchev–Trinajstić information content (AvgIpc) is 3.06. The summed E-state index contributed by atoms with van der Waals surface area (Å²) in [6.07, 6.45) is 4.47. The van der Waals surface area contributed by atoms with Crippen molar-refractivity contribution in [3.63, 3.8) is 0 Å². The summed E-state index contributed by atoms with van der Waals surface area (Å²) in [5, 5.41) is 3.53. The van der Waals surface area contributed by atoms with Crippen molar-refractivity contribution in [2.45, 2.75) is 39.2 Å². The highest BCUT2D eigenvalue weighted by Gasteiger charge is 2.25. The third-order valence-electron chi connectivity index (χ3n) is 5.40. The summed E-state index contributed by atoms with van der Waals surface area (Å²) in [4.78, 5) is 32.5. The van der Waals surface area contributed by atoms with Crippen LogP contribution in [0.2, 0.25) is 0 Å². The number of aromatic nitrogens is 2. The van der Waals surface area contributed by atoms with Gasteiger partial charge in [-0.05, 0) is 49.8 Å². The van der Waals surface area contributed by atoms with Crippen molar-refractivity contribution in [1.82, 2.24) is 9.55 Å². The average molecular weight is 398 g/mol. The van der Waals surface area contributed by atoms with Crippen LogP contribution in [0.3, 0.4) is 0 Å². The first-order chi connectivity index (χ1) is 13.5. The van der Waals surface area contributed by atoms with Crippen LogP contribution in [0, 0.1) is 5.92 Å². The summed E-state index contributed by atoms with van der Waals surface area (Å²) in [5.41, 5.74) is 1.56. The van der Waals surface area contributed by atoms with Crippen LogP contribution in [0.1, 0.15) is 36.8 Å². The molecule has 0 fully saturated rings. The van der Waals surface area contributed by atoms with Gasteiger partial charge in [0.25, 0.3) is 5.56 Å². The smallest absolute Gasteiger partial charge is 0.263 e. The molecule has 4 rings (SSSR count). The van der Waals surface area contributed by atoms with Crippen molar-refractivity contribution in [2.24, 2.45) is 5.92 Å². The third kappa shape index (κ3) is 3.20. The van der Waals surface area contributed by atoms with Crippen molar-refractivity contribution in [1.29, 1.82) is 0 Å². The van der Waals surface area contributed by atoms with E-state index in [-0.39, 0.29) is 11.5 Å². The number of benzene rings is 1. The van der Waals surface area contributed by atoms with Crippen LogP contribution in [0.5, 0.6) is 5.75 Å². The lowest BCUT2D eigenvalue weighted by molar-refractivity contribution is -0.118. The van der Waals surface area contributed by atoms with E-state index in [9.17, 15) is 9.59 Å². The van der Waals surface area contributed by atoms with E-state index in [1.807, 2.05) is 12.1 Å². The minimum atomic E-state index is -0.688. The molecule has 146 valence electrons. The number of nitrogens with zero attached hydrogens (tertiary/aromatic N) is 2. The Bertz CT molecular complexity index is 1100. The number of hydrogen-bond donors (Lipinski definition) is 1. The fourth-order valence-electron chi connectivity index (χ4n) is 3.73. The quantitative estimate of drug-likeness (QED) is 0.727. The largest absolute Gasteiger partial charge is 0.495 e. The zero-order valence-electron chi connectivity index (χ0n) is 16.2. The van der Waals surface area contributed by atoms with Crippen molar-refractivity contribution < 1.29 is 9.53 Å². The number of carbonyl (C=O) groups is 1. The van der Waals surface area contributed by atoms with Crippen LogP contribution >= 0.6 is 11.3 Å². The molecule has 0 aliphatic heterocycles. The molecule has 2 aromatic heterocycles. The van der Waals surface area contributed by atoms with E-state index in [1.54, 1.807) is 37.5 Å². The Hall–Kier alpha value is -2.67. The maximum atomic E-state index is 13.2. The number of methoxy groups -OCH3 is 1. The SMILES string of the molecule is COc1ccccc1NC(=O)[C@@H](C)n1cnc2sc3c(c2c1=O)CC[C@H](C)C3. The molecule has 0 unspecified atom stereocenters. The summed E-state index contributed by atoms with van der Waals surface area (Å²) in [5.74, 6) is 0.920. The standard InChI is InChI=1S/C21H23N3O3S/c1-12-8-9-14-17(10-12)28-20-18(14)21(26)24(11-22-20)13(2)19(25)23-15-6-4-5-7-16(15)27-3/h4-7,11-13H,8-10H2,1-3H3,(H,23,25)/t12-,13+/m0/s1. The second kappa shape index (κ2) is 7.39. The van der Waals surface area contributed by atoms with Crippen LogP contribution in [0.15, 0.2) is 35.4 Å². The molecular weight excluding hydrogens is 374 g/mol. The molecule has 28 heavy (non-hydrogen) atoms. The molecule has 1 N–H and O–H groups in total. The minimum absolute atomic E-state index is 0.139. The molecule has 1 aromatic carbocycles. The Morgan fingerprint density at radius 1 is 1.39 bits per heavy atom. The molecule has 2 heterocycles. The maximum Gasteiger partial charge on any atom is 0.263 e. The molecule has 7 heteroatoms. The highest BCUT2D eigenvalue weighted by Crippen LogP contribution is 2.35. The fourth-order valence-corrected chi connectivity index (χ4v) is 5.07. The number of rotatable bonds is 4. The van der Waals surface area contributed by atoms with Gasteiger partial charge >= 0.3 is 0 Å². The summed E-state index contributed by atoms with van der Waals surface area (Å²) >= 11 is 1.61. The Labute approximate surface area is 167 Å². The molecule has 0 radical (unpaired) electrons. The number of thiophene rings is 1. The second-order valence-corrected chi connectivity index (χ2v) is 8.44. The van der Waals surface area contributed by atoms with Crippen molar-refractivity contribution in [3.8, 4) is 5.75 Å². The monoisotopic (exact) mass is 397 g/mol. The predicted molar refractivity (Wildman–Crippen MR) is 111 cm³/mol. The van der Waals surface area contributed by atoms with Crippen molar-refractivity contribution in [2.75, 3.05) is 12.4 Å². The highest BCUT2D eigenvalue weighted by atomic mass is 32.1. The van der Waals surface area contributed by atoms with Gasteiger partial charge in [0.1, 0.15) is 16.6 Å². The predicted octanol–water partition coefficient (Wildman–Crippen LogP) is 3.79. The molecule has 1 aliphatic carbocycles. The van der Waals surface area contributed by atoms with Gasteiger partial charge in [-0.15, -0.1) is 11.3 Å². The first-order valence-corrected chi connectivity index (χ1v) is 10.3. The maximum absolute atomic E-state index is 13.2. The molecule has 6 nitrogen and oxygen atoms in total. The number of ether oxygens (including phenoxy) is 1. The molecule has 0 spiro atoms. The van der Waals surface area contributed by atoms with Gasteiger partial charge in [0.15, 0.2) is 0 Å². The Morgan fingerprint density at radius 2 is 2.18 bits per heavy atom. The normalized spacial score (nSPS) is 17.2. The zero-order chi connectivity index (χ0) is 19.8. The van der Waals surface area contributed by atoms with E-state index in [4.69, 9.17) is 4.74 Å². The van der Waals surface area contributed by atoms with E-state index in [0.29, 0.717) is 22.7 Å². The van der Waals surface area contributed by atoms with E-state index in [1.165, 1.54) is 15.8 Å². The topological polar surface area (TPSA) is 73.2 Å². The lowest BCUT2D eigenvalue weighted by Gasteiger charge is -2.18. The number of hydrogen-bond acceptors (Lipinski definition) is 5. The summed E-state index contributed by atoms with van der Waals surface area (Å²) < 4.78 is 6.71. The van der Waals surface area contributed by atoms with Crippen molar-refractivity contribution >= 4 is 33.1 Å². The van der Waals surface area contributed by atoms with E-state index < -0.39 is 6.04 Å². The molecule has 1 aliphatic rings. The Kier molecular flexibility index (Phi) is 4.93. The van der Waals surface area contributed by atoms with Crippen LogP contribution in [-0.2, 0) is 17.6 Å². The van der Waals surface area contributed by atoms with Crippen molar-refractivity contribution in [3.05, 3.63) is 51.4 Å².